The second-order valence-electron chi connectivity index (χ2n) is 5.03. The number of hydrogen-bond donors (Lipinski definition) is 1. The standard InChI is InChI=1S/C14H19N/c1-2-5-11(6-3-1)13-8-4-7-12-9-15-10-14(12)13/h1-3,5-6,12-15H,4,7-10H2/t12-,13-,14+/m1/s1. The maximum atomic E-state index is 3.56. The Kier molecular flexibility index (Phi) is 2.49. The van der Waals surface area contributed by atoms with Crippen LogP contribution < -0.4 is 5.32 Å². The molecule has 80 valence electrons. The highest BCUT2D eigenvalue weighted by Gasteiger charge is 2.36. The van der Waals surface area contributed by atoms with Crippen LogP contribution in [0.3, 0.4) is 0 Å². The van der Waals surface area contributed by atoms with E-state index in [2.05, 4.69) is 35.6 Å². The number of nitrogens with one attached hydrogen (secondary N) is 1. The molecule has 0 radical (unpaired) electrons. The van der Waals surface area contributed by atoms with Crippen molar-refractivity contribution in [3.05, 3.63) is 35.9 Å². The van der Waals surface area contributed by atoms with Crippen molar-refractivity contribution in [2.45, 2.75) is 25.2 Å². The van der Waals surface area contributed by atoms with Crippen LogP contribution >= 0.6 is 0 Å². The van der Waals surface area contributed by atoms with Crippen molar-refractivity contribution in [1.29, 1.82) is 0 Å². The van der Waals surface area contributed by atoms with E-state index in [4.69, 9.17) is 0 Å². The molecule has 2 fully saturated rings. The van der Waals surface area contributed by atoms with E-state index in [-0.39, 0.29) is 0 Å². The minimum atomic E-state index is 0.819. The minimum absolute atomic E-state index is 0.819. The van der Waals surface area contributed by atoms with Crippen LogP contribution in [-0.2, 0) is 0 Å². The van der Waals surface area contributed by atoms with E-state index in [9.17, 15) is 0 Å². The molecule has 1 aromatic rings. The lowest BCUT2D eigenvalue weighted by molar-refractivity contribution is 0.258. The Morgan fingerprint density at radius 3 is 2.73 bits per heavy atom. The maximum Gasteiger partial charge on any atom is -0.00114 e. The van der Waals surface area contributed by atoms with Crippen LogP contribution in [0.4, 0.5) is 0 Å². The lowest BCUT2D eigenvalue weighted by Gasteiger charge is -2.33. The Labute approximate surface area is 91.9 Å². The van der Waals surface area contributed by atoms with Gasteiger partial charge in [0.05, 0.1) is 0 Å². The van der Waals surface area contributed by atoms with Gasteiger partial charge in [-0.3, -0.25) is 0 Å². The molecule has 0 spiro atoms. The monoisotopic (exact) mass is 201 g/mol. The van der Waals surface area contributed by atoms with E-state index in [0.29, 0.717) is 0 Å². The molecular weight excluding hydrogens is 182 g/mol. The van der Waals surface area contributed by atoms with Gasteiger partial charge in [0.15, 0.2) is 0 Å². The van der Waals surface area contributed by atoms with Gasteiger partial charge in [0.1, 0.15) is 0 Å². The molecule has 1 heteroatoms. The topological polar surface area (TPSA) is 12.0 Å². The first-order valence-electron chi connectivity index (χ1n) is 6.21. The molecule has 0 bridgehead atoms. The largest absolute Gasteiger partial charge is 0.316 e. The van der Waals surface area contributed by atoms with Crippen molar-refractivity contribution in [2.24, 2.45) is 11.8 Å². The maximum absolute atomic E-state index is 3.56. The molecule has 1 N–H and O–H groups in total. The number of hydrogen-bond acceptors (Lipinski definition) is 1. The van der Waals surface area contributed by atoms with Gasteiger partial charge in [0, 0.05) is 0 Å². The summed E-state index contributed by atoms with van der Waals surface area (Å²) in [6, 6.07) is 11.1. The predicted molar refractivity (Wildman–Crippen MR) is 62.9 cm³/mol. The van der Waals surface area contributed by atoms with Crippen molar-refractivity contribution in [1.82, 2.24) is 5.32 Å². The van der Waals surface area contributed by atoms with Gasteiger partial charge in [-0.2, -0.15) is 0 Å². The Morgan fingerprint density at radius 2 is 1.87 bits per heavy atom. The predicted octanol–water partition coefficient (Wildman–Crippen LogP) is 2.79. The summed E-state index contributed by atoms with van der Waals surface area (Å²) < 4.78 is 0. The van der Waals surface area contributed by atoms with Crippen LogP contribution in [0.2, 0.25) is 0 Å². The van der Waals surface area contributed by atoms with Gasteiger partial charge in [-0.25, -0.2) is 0 Å². The van der Waals surface area contributed by atoms with E-state index in [1.807, 2.05) is 0 Å². The van der Waals surface area contributed by atoms with Gasteiger partial charge in [-0.15, -0.1) is 0 Å². The van der Waals surface area contributed by atoms with Gasteiger partial charge in [0.2, 0.25) is 0 Å². The summed E-state index contributed by atoms with van der Waals surface area (Å²) in [6.07, 6.45) is 4.26. The fraction of sp³-hybridized carbons (Fsp3) is 0.571. The Balaban J connectivity index is 1.85. The van der Waals surface area contributed by atoms with Crippen molar-refractivity contribution >= 4 is 0 Å². The van der Waals surface area contributed by atoms with Crippen molar-refractivity contribution < 1.29 is 0 Å². The van der Waals surface area contributed by atoms with Crippen LogP contribution in [-0.4, -0.2) is 13.1 Å². The fourth-order valence-electron chi connectivity index (χ4n) is 3.47. The van der Waals surface area contributed by atoms with Gasteiger partial charge < -0.3 is 5.32 Å². The Hall–Kier alpha value is -0.820. The summed E-state index contributed by atoms with van der Waals surface area (Å²) in [5.41, 5.74) is 1.57. The van der Waals surface area contributed by atoms with Gasteiger partial charge >= 0.3 is 0 Å². The van der Waals surface area contributed by atoms with E-state index < -0.39 is 0 Å². The van der Waals surface area contributed by atoms with Gasteiger partial charge in [0.25, 0.3) is 0 Å². The zero-order valence-electron chi connectivity index (χ0n) is 9.15. The van der Waals surface area contributed by atoms with Crippen molar-refractivity contribution in [2.75, 3.05) is 13.1 Å². The number of benzene rings is 1. The Bertz CT molecular complexity index is 319. The lowest BCUT2D eigenvalue weighted by atomic mass is 9.71. The molecule has 3 rings (SSSR count). The smallest absolute Gasteiger partial charge is 0.00114 e. The van der Waals surface area contributed by atoms with E-state index in [1.54, 1.807) is 5.56 Å². The first kappa shape index (κ1) is 9.41. The van der Waals surface area contributed by atoms with Gasteiger partial charge in [-0.1, -0.05) is 36.8 Å². The summed E-state index contributed by atoms with van der Waals surface area (Å²) in [5.74, 6) is 2.67. The first-order valence-corrected chi connectivity index (χ1v) is 6.21. The van der Waals surface area contributed by atoms with Crippen molar-refractivity contribution in [3.8, 4) is 0 Å². The third kappa shape index (κ3) is 1.69. The second-order valence-corrected chi connectivity index (χ2v) is 5.03. The average Bonchev–Trinajstić information content (AvgIpc) is 2.78. The molecule has 1 saturated heterocycles. The summed E-state index contributed by atoms with van der Waals surface area (Å²) in [6.45, 7) is 2.50. The highest BCUT2D eigenvalue weighted by atomic mass is 14.9. The SMILES string of the molecule is c1ccc([C@H]2CCC[C@@H]3CNC[C@@H]32)cc1. The molecule has 1 heterocycles. The molecule has 1 saturated carbocycles. The molecule has 1 nitrogen and oxygen atoms in total. The van der Waals surface area contributed by atoms with Crippen molar-refractivity contribution in [3.63, 3.8) is 0 Å². The zero-order chi connectivity index (χ0) is 10.1. The number of fused-ring (bicyclic) bond motifs is 1. The minimum Gasteiger partial charge on any atom is -0.316 e. The van der Waals surface area contributed by atoms with E-state index in [0.717, 1.165) is 17.8 Å². The Morgan fingerprint density at radius 1 is 1.00 bits per heavy atom. The number of rotatable bonds is 1. The van der Waals surface area contributed by atoms with E-state index in [1.165, 1.54) is 32.4 Å². The van der Waals surface area contributed by atoms with Gasteiger partial charge in [-0.05, 0) is 49.2 Å². The highest BCUT2D eigenvalue weighted by Crippen LogP contribution is 2.42. The summed E-state index contributed by atoms with van der Waals surface area (Å²) in [7, 11) is 0. The van der Waals surface area contributed by atoms with E-state index >= 15 is 0 Å². The second kappa shape index (κ2) is 3.97. The molecule has 0 amide bonds. The molecule has 1 aliphatic heterocycles. The van der Waals surface area contributed by atoms with Crippen LogP contribution in [0.15, 0.2) is 30.3 Å². The molecule has 15 heavy (non-hydrogen) atoms. The van der Waals surface area contributed by atoms with Crippen LogP contribution in [0.1, 0.15) is 30.7 Å². The van der Waals surface area contributed by atoms with Crippen LogP contribution in [0.5, 0.6) is 0 Å². The lowest BCUT2D eigenvalue weighted by Crippen LogP contribution is -2.25. The quantitative estimate of drug-likeness (QED) is 0.736. The third-order valence-electron chi connectivity index (χ3n) is 4.23. The summed E-state index contributed by atoms with van der Waals surface area (Å²) >= 11 is 0. The fourth-order valence-corrected chi connectivity index (χ4v) is 3.47. The summed E-state index contributed by atoms with van der Waals surface area (Å²) in [5, 5.41) is 3.56. The molecule has 1 aromatic carbocycles. The summed E-state index contributed by atoms with van der Waals surface area (Å²) in [4.78, 5) is 0. The zero-order valence-corrected chi connectivity index (χ0v) is 9.15. The molecule has 2 aliphatic rings. The normalized spacial score (nSPS) is 35.1. The van der Waals surface area contributed by atoms with Crippen LogP contribution in [0, 0.1) is 11.8 Å². The molecule has 3 atom stereocenters. The average molecular weight is 201 g/mol. The molecule has 0 aromatic heterocycles. The molecular formula is C14H19N. The third-order valence-corrected chi connectivity index (χ3v) is 4.23. The highest BCUT2D eigenvalue weighted by molar-refractivity contribution is 5.22. The molecule has 1 aliphatic carbocycles. The van der Waals surface area contributed by atoms with Crippen LogP contribution in [0.25, 0.3) is 0 Å². The first-order chi connectivity index (χ1) is 7.45. The molecule has 0 unspecified atom stereocenters.